The summed E-state index contributed by atoms with van der Waals surface area (Å²) in [6.45, 7) is 0. The molecule has 2 aromatic rings. The Morgan fingerprint density at radius 3 is 2.33 bits per heavy atom. The van der Waals surface area contributed by atoms with Crippen LogP contribution in [0.5, 0.6) is 5.75 Å². The smallest absolute Gasteiger partial charge is 0.193 e. The van der Waals surface area contributed by atoms with Crippen LogP contribution in [0.3, 0.4) is 0 Å². The molecule has 24 heavy (non-hydrogen) atoms. The van der Waals surface area contributed by atoms with Crippen LogP contribution in [0.25, 0.3) is 0 Å². The first-order valence-corrected chi connectivity index (χ1v) is 7.74. The Morgan fingerprint density at radius 1 is 1.12 bits per heavy atom. The van der Waals surface area contributed by atoms with E-state index in [9.17, 15) is 8.78 Å². The van der Waals surface area contributed by atoms with Crippen LogP contribution in [0.4, 0.5) is 14.5 Å². The van der Waals surface area contributed by atoms with E-state index < -0.39 is 11.6 Å². The molecule has 4 nitrogen and oxygen atoms in total. The van der Waals surface area contributed by atoms with E-state index >= 15 is 0 Å². The number of hydrogen-bond acceptors (Lipinski definition) is 2. The number of ether oxygens (including phenoxy) is 1. The first kappa shape index (κ1) is 16.2. The minimum atomic E-state index is -0.544. The predicted octanol–water partition coefficient (Wildman–Crippen LogP) is 3.65. The van der Waals surface area contributed by atoms with E-state index in [4.69, 9.17) is 10.5 Å². The molecule has 0 atom stereocenters. The van der Waals surface area contributed by atoms with Crippen LogP contribution in [0.2, 0.25) is 0 Å². The molecule has 3 rings (SSSR count). The second kappa shape index (κ2) is 6.86. The van der Waals surface area contributed by atoms with Crippen molar-refractivity contribution in [1.82, 2.24) is 0 Å². The average molecular weight is 331 g/mol. The van der Waals surface area contributed by atoms with Crippen LogP contribution < -0.4 is 15.8 Å². The van der Waals surface area contributed by atoms with E-state index in [-0.39, 0.29) is 12.0 Å². The van der Waals surface area contributed by atoms with Crippen LogP contribution in [0.1, 0.15) is 24.3 Å². The summed E-state index contributed by atoms with van der Waals surface area (Å²) in [6, 6.07) is 11.1. The van der Waals surface area contributed by atoms with Crippen molar-refractivity contribution in [3.05, 3.63) is 59.7 Å². The molecule has 0 bridgehead atoms. The number of anilines is 1. The summed E-state index contributed by atoms with van der Waals surface area (Å²) in [4.78, 5) is 4.41. The highest BCUT2D eigenvalue weighted by molar-refractivity contribution is 5.92. The number of nitrogens with two attached hydrogens (primary N) is 1. The van der Waals surface area contributed by atoms with Gasteiger partial charge in [0.15, 0.2) is 5.96 Å². The Balaban J connectivity index is 1.56. The van der Waals surface area contributed by atoms with Gasteiger partial charge in [-0.3, -0.25) is 0 Å². The molecule has 3 N–H and O–H groups in total. The highest BCUT2D eigenvalue weighted by Crippen LogP contribution is 2.39. The number of benzene rings is 2. The molecule has 0 heterocycles. The molecule has 126 valence electrons. The van der Waals surface area contributed by atoms with E-state index in [1.807, 2.05) is 24.3 Å². The molecular formula is C18H19F2N3O. The van der Waals surface area contributed by atoms with Crippen LogP contribution in [0.15, 0.2) is 47.5 Å². The fourth-order valence-corrected chi connectivity index (χ4v) is 2.83. The van der Waals surface area contributed by atoms with E-state index in [1.54, 1.807) is 7.11 Å². The molecule has 0 saturated heterocycles. The van der Waals surface area contributed by atoms with Crippen molar-refractivity contribution in [1.29, 1.82) is 0 Å². The fraction of sp³-hybridized carbons (Fsp3) is 0.278. The van der Waals surface area contributed by atoms with E-state index in [1.165, 1.54) is 12.1 Å². The molecule has 1 aliphatic rings. The van der Waals surface area contributed by atoms with Gasteiger partial charge < -0.3 is 15.8 Å². The Bertz CT molecular complexity index is 720. The van der Waals surface area contributed by atoms with Crippen LogP contribution in [-0.2, 0) is 0 Å². The van der Waals surface area contributed by atoms with Crippen molar-refractivity contribution in [2.75, 3.05) is 12.4 Å². The molecule has 0 radical (unpaired) electrons. The molecule has 2 aromatic carbocycles. The molecule has 1 aliphatic carbocycles. The average Bonchev–Trinajstić information content (AvgIpc) is 2.50. The molecule has 1 fully saturated rings. The van der Waals surface area contributed by atoms with Gasteiger partial charge in [0.2, 0.25) is 0 Å². The zero-order chi connectivity index (χ0) is 17.1. The van der Waals surface area contributed by atoms with Crippen molar-refractivity contribution in [2.24, 2.45) is 10.7 Å². The van der Waals surface area contributed by atoms with Crippen molar-refractivity contribution < 1.29 is 13.5 Å². The Hall–Kier alpha value is -2.63. The summed E-state index contributed by atoms with van der Waals surface area (Å²) < 4.78 is 31.6. The molecule has 0 unspecified atom stereocenters. The van der Waals surface area contributed by atoms with Crippen molar-refractivity contribution in [3.63, 3.8) is 0 Å². The van der Waals surface area contributed by atoms with Crippen LogP contribution >= 0.6 is 0 Å². The number of nitrogens with zero attached hydrogens (tertiary/aromatic N) is 1. The lowest BCUT2D eigenvalue weighted by Crippen LogP contribution is -2.31. The minimum absolute atomic E-state index is 0.0621. The monoisotopic (exact) mass is 331 g/mol. The second-order valence-corrected chi connectivity index (χ2v) is 5.89. The van der Waals surface area contributed by atoms with Crippen molar-refractivity contribution in [3.8, 4) is 5.75 Å². The first-order chi connectivity index (χ1) is 11.5. The van der Waals surface area contributed by atoms with Gasteiger partial charge in [0.1, 0.15) is 17.4 Å². The number of nitrogens with one attached hydrogen (secondary N) is 1. The summed E-state index contributed by atoms with van der Waals surface area (Å²) in [7, 11) is 1.61. The highest BCUT2D eigenvalue weighted by atomic mass is 19.1. The number of halogens is 2. The third-order valence-electron chi connectivity index (χ3n) is 4.15. The van der Waals surface area contributed by atoms with Crippen LogP contribution in [-0.4, -0.2) is 19.1 Å². The maximum absolute atomic E-state index is 13.2. The maximum atomic E-state index is 13.2. The summed E-state index contributed by atoms with van der Waals surface area (Å²) in [6.07, 6.45) is 1.46. The largest absolute Gasteiger partial charge is 0.497 e. The Kier molecular flexibility index (Phi) is 4.64. The van der Waals surface area contributed by atoms with Crippen molar-refractivity contribution >= 4 is 11.6 Å². The lowest BCUT2D eigenvalue weighted by atomic mass is 9.76. The molecule has 0 amide bonds. The van der Waals surface area contributed by atoms with Gasteiger partial charge in [0.05, 0.1) is 13.2 Å². The number of methoxy groups -OCH3 is 1. The lowest BCUT2D eigenvalue weighted by Gasteiger charge is -2.33. The van der Waals surface area contributed by atoms with Crippen molar-refractivity contribution in [2.45, 2.75) is 24.8 Å². The standard InChI is InChI=1S/C18H19F2N3O/c1-24-17-4-2-15(3-5-17)22-18(21)23-16-8-12(9-16)11-6-13(19)10-14(20)7-11/h2-7,10,12,16H,8-9H2,1H3,(H3,21,22,23). The Labute approximate surface area is 139 Å². The SMILES string of the molecule is COc1ccc(NC(N)=NC2CC(c3cc(F)cc(F)c3)C2)cc1. The number of hydrogen-bond donors (Lipinski definition) is 2. The zero-order valence-corrected chi connectivity index (χ0v) is 13.3. The predicted molar refractivity (Wildman–Crippen MR) is 90.4 cm³/mol. The van der Waals surface area contributed by atoms with Crippen LogP contribution in [0, 0.1) is 11.6 Å². The summed E-state index contributed by atoms with van der Waals surface area (Å²) in [5, 5.41) is 3.02. The molecular weight excluding hydrogens is 312 g/mol. The lowest BCUT2D eigenvalue weighted by molar-refractivity contribution is 0.351. The summed E-state index contributed by atoms with van der Waals surface area (Å²) >= 11 is 0. The zero-order valence-electron chi connectivity index (χ0n) is 13.3. The summed E-state index contributed by atoms with van der Waals surface area (Å²) in [5.41, 5.74) is 7.41. The number of guanidine groups is 1. The van der Waals surface area contributed by atoms with E-state index in [2.05, 4.69) is 10.3 Å². The van der Waals surface area contributed by atoms with Gasteiger partial charge in [-0.05, 0) is 60.7 Å². The minimum Gasteiger partial charge on any atom is -0.497 e. The number of rotatable bonds is 4. The fourth-order valence-electron chi connectivity index (χ4n) is 2.83. The van der Waals surface area contributed by atoms with Gasteiger partial charge in [-0.15, -0.1) is 0 Å². The molecule has 1 saturated carbocycles. The topological polar surface area (TPSA) is 59.6 Å². The Morgan fingerprint density at radius 2 is 1.75 bits per heavy atom. The third-order valence-corrected chi connectivity index (χ3v) is 4.15. The van der Waals surface area contributed by atoms with E-state index in [0.717, 1.165) is 30.3 Å². The third kappa shape index (κ3) is 3.82. The van der Waals surface area contributed by atoms with Gasteiger partial charge in [-0.1, -0.05) is 0 Å². The van der Waals surface area contributed by atoms with E-state index in [0.29, 0.717) is 11.5 Å². The quantitative estimate of drug-likeness (QED) is 0.664. The van der Waals surface area contributed by atoms with Gasteiger partial charge in [-0.2, -0.15) is 0 Å². The molecule has 6 heteroatoms. The summed E-state index contributed by atoms with van der Waals surface area (Å²) in [5.74, 6) is 0.127. The van der Waals surface area contributed by atoms with Gasteiger partial charge in [0, 0.05) is 11.8 Å². The molecule has 0 spiro atoms. The van der Waals surface area contributed by atoms with Gasteiger partial charge in [-0.25, -0.2) is 13.8 Å². The highest BCUT2D eigenvalue weighted by Gasteiger charge is 2.30. The maximum Gasteiger partial charge on any atom is 0.193 e. The number of aliphatic imine (C=N–C) groups is 1. The first-order valence-electron chi connectivity index (χ1n) is 7.74. The molecule has 0 aromatic heterocycles. The van der Waals surface area contributed by atoms with Gasteiger partial charge in [0.25, 0.3) is 0 Å². The normalized spacial score (nSPS) is 20.4. The molecule has 0 aliphatic heterocycles. The second-order valence-electron chi connectivity index (χ2n) is 5.89. The van der Waals surface area contributed by atoms with Gasteiger partial charge >= 0.3 is 0 Å².